The zero-order valence-electron chi connectivity index (χ0n) is 9.84. The number of ether oxygens (including phenoxy) is 1. The van der Waals surface area contributed by atoms with Crippen LogP contribution in [0.3, 0.4) is 0 Å². The molecule has 0 fully saturated rings. The summed E-state index contributed by atoms with van der Waals surface area (Å²) >= 11 is 0. The van der Waals surface area contributed by atoms with E-state index >= 15 is 0 Å². The number of hydrogen-bond acceptors (Lipinski definition) is 2. The van der Waals surface area contributed by atoms with Crippen LogP contribution in [0.4, 0.5) is 13.2 Å². The molecule has 0 radical (unpaired) electrons. The van der Waals surface area contributed by atoms with Gasteiger partial charge in [0.05, 0.1) is 11.7 Å². The van der Waals surface area contributed by atoms with Crippen molar-refractivity contribution in [3.8, 4) is 0 Å². The summed E-state index contributed by atoms with van der Waals surface area (Å²) < 4.78 is 42.6. The molecule has 5 heteroatoms. The van der Waals surface area contributed by atoms with E-state index in [9.17, 15) is 13.2 Å². The molecular weight excluding hydrogens is 231 g/mol. The average Bonchev–Trinajstić information content (AvgIpc) is 2.28. The Balaban J connectivity index is 2.84. The van der Waals surface area contributed by atoms with Gasteiger partial charge in [0.1, 0.15) is 0 Å². The minimum atomic E-state index is -4.29. The highest BCUT2D eigenvalue weighted by atomic mass is 19.4. The molecular formula is C12H16F3NO. The number of likely N-dealkylation sites (N-methyl/N-ethyl adjacent to an activating group) is 1. The molecule has 1 aromatic carbocycles. The van der Waals surface area contributed by atoms with Gasteiger partial charge in [0.25, 0.3) is 0 Å². The van der Waals surface area contributed by atoms with Gasteiger partial charge >= 0.3 is 6.18 Å². The molecule has 0 aromatic heterocycles. The number of nitrogens with one attached hydrogen (secondary N) is 1. The molecule has 0 heterocycles. The van der Waals surface area contributed by atoms with E-state index in [1.165, 1.54) is 12.1 Å². The van der Waals surface area contributed by atoms with Gasteiger partial charge < -0.3 is 10.1 Å². The normalized spacial score (nSPS) is 13.7. The Morgan fingerprint density at radius 3 is 2.24 bits per heavy atom. The second-order valence-electron chi connectivity index (χ2n) is 3.62. The molecule has 1 N–H and O–H groups in total. The Morgan fingerprint density at radius 2 is 1.82 bits per heavy atom. The number of benzene rings is 1. The van der Waals surface area contributed by atoms with Crippen molar-refractivity contribution in [1.82, 2.24) is 5.32 Å². The molecule has 2 nitrogen and oxygen atoms in total. The zero-order valence-corrected chi connectivity index (χ0v) is 9.84. The Morgan fingerprint density at radius 1 is 1.24 bits per heavy atom. The summed E-state index contributed by atoms with van der Waals surface area (Å²) in [6.07, 6.45) is -4.50. The molecule has 0 aliphatic heterocycles. The first kappa shape index (κ1) is 14.0. The van der Waals surface area contributed by atoms with Gasteiger partial charge in [0.15, 0.2) is 0 Å². The van der Waals surface area contributed by atoms with Crippen molar-refractivity contribution in [3.63, 3.8) is 0 Å². The third-order valence-corrected chi connectivity index (χ3v) is 2.37. The van der Waals surface area contributed by atoms with E-state index in [0.29, 0.717) is 13.2 Å². The monoisotopic (exact) mass is 247 g/mol. The summed E-state index contributed by atoms with van der Waals surface area (Å²) in [5.74, 6) is 0. The standard InChI is InChI=1S/C12H16F3NO/c1-3-17-11(8-16-2)9-4-6-10(7-5-9)12(13,14)15/h4-7,11,16H,3,8H2,1-2H3. The Hall–Kier alpha value is -1.07. The molecule has 0 amide bonds. The summed E-state index contributed by atoms with van der Waals surface area (Å²) in [6.45, 7) is 2.94. The van der Waals surface area contributed by atoms with E-state index in [0.717, 1.165) is 17.7 Å². The number of alkyl halides is 3. The quantitative estimate of drug-likeness (QED) is 0.863. The van der Waals surface area contributed by atoms with Crippen molar-refractivity contribution < 1.29 is 17.9 Å². The zero-order chi connectivity index (χ0) is 12.9. The fourth-order valence-corrected chi connectivity index (χ4v) is 1.55. The molecule has 1 unspecified atom stereocenters. The largest absolute Gasteiger partial charge is 0.416 e. The highest BCUT2D eigenvalue weighted by molar-refractivity contribution is 5.26. The maximum Gasteiger partial charge on any atom is 0.416 e. The molecule has 1 aromatic rings. The van der Waals surface area contributed by atoms with Crippen LogP contribution in [0, 0.1) is 0 Å². The second-order valence-corrected chi connectivity index (χ2v) is 3.62. The smallest absolute Gasteiger partial charge is 0.372 e. The first-order valence-electron chi connectivity index (χ1n) is 5.42. The van der Waals surface area contributed by atoms with Crippen LogP contribution in [0.15, 0.2) is 24.3 Å². The number of halogens is 3. The number of rotatable bonds is 5. The van der Waals surface area contributed by atoms with Gasteiger partial charge in [-0.1, -0.05) is 12.1 Å². The molecule has 0 saturated carbocycles. The molecule has 1 atom stereocenters. The first-order chi connectivity index (χ1) is 7.99. The van der Waals surface area contributed by atoms with Crippen LogP contribution in [0.1, 0.15) is 24.2 Å². The predicted molar refractivity (Wildman–Crippen MR) is 59.7 cm³/mol. The third-order valence-electron chi connectivity index (χ3n) is 2.37. The average molecular weight is 247 g/mol. The lowest BCUT2D eigenvalue weighted by atomic mass is 10.1. The van der Waals surface area contributed by atoms with E-state index < -0.39 is 11.7 Å². The van der Waals surface area contributed by atoms with Crippen LogP contribution in [0.5, 0.6) is 0 Å². The van der Waals surface area contributed by atoms with E-state index in [-0.39, 0.29) is 6.10 Å². The first-order valence-corrected chi connectivity index (χ1v) is 5.42. The van der Waals surface area contributed by atoms with Gasteiger partial charge in [-0.3, -0.25) is 0 Å². The summed E-state index contributed by atoms with van der Waals surface area (Å²) in [5.41, 5.74) is 0.107. The summed E-state index contributed by atoms with van der Waals surface area (Å²) in [6, 6.07) is 5.08. The maximum atomic E-state index is 12.4. The summed E-state index contributed by atoms with van der Waals surface area (Å²) in [4.78, 5) is 0. The molecule has 0 saturated heterocycles. The number of hydrogen-bond donors (Lipinski definition) is 1. The molecule has 0 bridgehead atoms. The van der Waals surface area contributed by atoms with Crippen LogP contribution in [0.2, 0.25) is 0 Å². The van der Waals surface area contributed by atoms with Crippen molar-refractivity contribution in [1.29, 1.82) is 0 Å². The lowest BCUT2D eigenvalue weighted by Crippen LogP contribution is -2.20. The van der Waals surface area contributed by atoms with Crippen LogP contribution < -0.4 is 5.32 Å². The topological polar surface area (TPSA) is 21.3 Å². The fraction of sp³-hybridized carbons (Fsp3) is 0.500. The maximum absolute atomic E-state index is 12.4. The van der Waals surface area contributed by atoms with Gasteiger partial charge in [-0.05, 0) is 31.7 Å². The van der Waals surface area contributed by atoms with Crippen LogP contribution in [-0.2, 0) is 10.9 Å². The van der Waals surface area contributed by atoms with Crippen molar-refractivity contribution in [3.05, 3.63) is 35.4 Å². The van der Waals surface area contributed by atoms with Crippen molar-refractivity contribution in [2.75, 3.05) is 20.2 Å². The van der Waals surface area contributed by atoms with E-state index in [4.69, 9.17) is 4.74 Å². The Bertz CT molecular complexity index is 329. The van der Waals surface area contributed by atoms with Crippen LogP contribution >= 0.6 is 0 Å². The molecule has 96 valence electrons. The Kier molecular flexibility index (Phi) is 4.96. The molecule has 0 spiro atoms. The van der Waals surface area contributed by atoms with Crippen molar-refractivity contribution in [2.24, 2.45) is 0 Å². The van der Waals surface area contributed by atoms with Crippen molar-refractivity contribution >= 4 is 0 Å². The molecule has 0 aliphatic rings. The lowest BCUT2D eigenvalue weighted by Gasteiger charge is -2.17. The highest BCUT2D eigenvalue weighted by Gasteiger charge is 2.30. The Labute approximate surface area is 98.8 Å². The predicted octanol–water partition coefficient (Wildman–Crippen LogP) is 3.00. The fourth-order valence-electron chi connectivity index (χ4n) is 1.55. The van der Waals surface area contributed by atoms with Gasteiger partial charge in [-0.15, -0.1) is 0 Å². The molecule has 17 heavy (non-hydrogen) atoms. The van der Waals surface area contributed by atoms with Gasteiger partial charge in [-0.25, -0.2) is 0 Å². The second kappa shape index (κ2) is 6.02. The molecule has 0 aliphatic carbocycles. The van der Waals surface area contributed by atoms with E-state index in [2.05, 4.69) is 5.32 Å². The highest BCUT2D eigenvalue weighted by Crippen LogP contribution is 2.30. The van der Waals surface area contributed by atoms with Gasteiger partial charge in [-0.2, -0.15) is 13.2 Å². The minimum Gasteiger partial charge on any atom is -0.372 e. The summed E-state index contributed by atoms with van der Waals surface area (Å²) in [5, 5.41) is 2.95. The minimum absolute atomic E-state index is 0.215. The van der Waals surface area contributed by atoms with Gasteiger partial charge in [0.2, 0.25) is 0 Å². The van der Waals surface area contributed by atoms with E-state index in [1.54, 1.807) is 7.05 Å². The van der Waals surface area contributed by atoms with Crippen LogP contribution in [-0.4, -0.2) is 20.2 Å². The van der Waals surface area contributed by atoms with Gasteiger partial charge in [0, 0.05) is 13.2 Å². The third kappa shape index (κ3) is 4.02. The molecule has 1 rings (SSSR count). The van der Waals surface area contributed by atoms with E-state index in [1.807, 2.05) is 6.92 Å². The van der Waals surface area contributed by atoms with Crippen LogP contribution in [0.25, 0.3) is 0 Å². The van der Waals surface area contributed by atoms with Crippen molar-refractivity contribution in [2.45, 2.75) is 19.2 Å². The summed E-state index contributed by atoms with van der Waals surface area (Å²) in [7, 11) is 1.77. The SMILES string of the molecule is CCOC(CNC)c1ccc(C(F)(F)F)cc1. The lowest BCUT2D eigenvalue weighted by molar-refractivity contribution is -0.137.